The third-order valence-electron chi connectivity index (χ3n) is 13.6. The lowest BCUT2D eigenvalue weighted by Crippen LogP contribution is -2.63. The monoisotopic (exact) mass is 944 g/mol. The van der Waals surface area contributed by atoms with Gasteiger partial charge in [0, 0.05) is 12.0 Å². The number of aromatic nitrogens is 2. The first-order valence-electron chi connectivity index (χ1n) is 22.4. The number of aryl methyl sites for hydroxylation is 1. The number of fused-ring (bicyclic) bond motifs is 3. The molecule has 4 amide bonds. The first kappa shape index (κ1) is 49.9. The Morgan fingerprint density at radius 1 is 1.03 bits per heavy atom. The lowest BCUT2D eigenvalue weighted by atomic mass is 9.85. The van der Waals surface area contributed by atoms with Gasteiger partial charge in [0.1, 0.15) is 35.2 Å². The fourth-order valence-corrected chi connectivity index (χ4v) is 10.4. The maximum absolute atomic E-state index is 15.1. The highest BCUT2D eigenvalue weighted by molar-refractivity contribution is 7.91. The number of amides is 4. The van der Waals surface area contributed by atoms with Crippen molar-refractivity contribution in [3.8, 4) is 11.6 Å². The highest BCUT2D eigenvalue weighted by Crippen LogP contribution is 2.52. The van der Waals surface area contributed by atoms with Crippen LogP contribution in [0.1, 0.15) is 124 Å². The molecule has 15 nitrogen and oxygen atoms in total. The van der Waals surface area contributed by atoms with E-state index >= 15 is 18.0 Å². The second-order valence-corrected chi connectivity index (χ2v) is 21.6. The first-order chi connectivity index (χ1) is 30.3. The van der Waals surface area contributed by atoms with Crippen LogP contribution < -0.4 is 24.8 Å². The van der Waals surface area contributed by atoms with E-state index in [9.17, 15) is 31.6 Å². The Hall–Kier alpha value is -4.56. The molecule has 0 radical (unpaired) electrons. The number of carbonyl (C=O) groups excluding carboxylic acids is 4. The molecule has 0 unspecified atom stereocenters. The Kier molecular flexibility index (Phi) is 14.3. The Morgan fingerprint density at radius 2 is 1.72 bits per heavy atom. The number of halogens is 5. The third kappa shape index (κ3) is 10.4. The minimum Gasteiger partial charge on any atom is -0.497 e. The van der Waals surface area contributed by atoms with E-state index in [4.69, 9.17) is 24.2 Å². The number of carbonyl (C=O) groups is 4. The number of alkyl carbamates (subject to hydrolysis) is 1. The van der Waals surface area contributed by atoms with Crippen LogP contribution in [0.5, 0.6) is 11.6 Å². The molecule has 3 saturated carbocycles. The quantitative estimate of drug-likeness (QED) is 0.210. The summed E-state index contributed by atoms with van der Waals surface area (Å²) in [6.07, 6.45) is -8.32. The molecule has 3 N–H and O–H groups in total. The standard InChI is InChI=1S/C44H61F5N6O9S/c1-8-13-28-24-55(25(2)35(56)53-42(23-29(42)34(45)46)38(58)54-65(60,61)41(6)20-21-41)37(57)33(40(3,4)5)52-39(59)64-43(44(47,48)49)19-12-15-26(43)14-10-9-11-16-31-36(63-28)51-32-22-27(62-7)17-18-30(32)50-31/h17-18,22,25-26,28-29,33-34H,8-16,19-21,23-24H2,1-7H3,(H,52,59)(H,53,56)(H,54,58)/t25-,26+,28+,29-,33+,42+,43-/m0/s1. The van der Waals surface area contributed by atoms with Crippen LogP contribution in [-0.4, -0.2) is 107 Å². The van der Waals surface area contributed by atoms with Gasteiger partial charge in [0.25, 0.3) is 5.91 Å². The van der Waals surface area contributed by atoms with Gasteiger partial charge in [-0.15, -0.1) is 0 Å². The molecule has 362 valence electrons. The van der Waals surface area contributed by atoms with Crippen LogP contribution in [0.4, 0.5) is 26.7 Å². The number of benzene rings is 1. The molecular formula is C44H61F5N6O9S. The fraction of sp³-hybridized carbons (Fsp3) is 0.727. The molecule has 1 aromatic heterocycles. The van der Waals surface area contributed by atoms with Crippen molar-refractivity contribution >= 4 is 44.9 Å². The Morgan fingerprint density at radius 3 is 2.32 bits per heavy atom. The number of hydrogen-bond donors (Lipinski definition) is 3. The summed E-state index contributed by atoms with van der Waals surface area (Å²) in [6, 6.07) is 1.83. The molecule has 4 aliphatic rings. The maximum atomic E-state index is 15.1. The van der Waals surface area contributed by atoms with Crippen LogP contribution in [0.15, 0.2) is 18.2 Å². The zero-order chi connectivity index (χ0) is 47.9. The number of methoxy groups -OCH3 is 1. The number of hydrogen-bond acceptors (Lipinski definition) is 11. The first-order valence-corrected chi connectivity index (χ1v) is 23.8. The van der Waals surface area contributed by atoms with Gasteiger partial charge in [-0.1, -0.05) is 47.0 Å². The van der Waals surface area contributed by atoms with Crippen molar-refractivity contribution in [1.82, 2.24) is 30.2 Å². The van der Waals surface area contributed by atoms with Gasteiger partial charge in [0.2, 0.25) is 39.7 Å². The summed E-state index contributed by atoms with van der Waals surface area (Å²) in [7, 11) is -2.83. The highest BCUT2D eigenvalue weighted by Gasteiger charge is 2.67. The predicted octanol–water partition coefficient (Wildman–Crippen LogP) is 6.90. The molecule has 3 fully saturated rings. The third-order valence-corrected chi connectivity index (χ3v) is 15.7. The van der Waals surface area contributed by atoms with E-state index in [0.29, 0.717) is 54.6 Å². The molecule has 0 bridgehead atoms. The number of nitrogens with zero attached hydrogens (tertiary/aromatic N) is 3. The van der Waals surface area contributed by atoms with Gasteiger partial charge in [-0.3, -0.25) is 19.1 Å². The molecule has 0 spiro atoms. The molecule has 3 aliphatic carbocycles. The number of ether oxygens (including phenoxy) is 3. The molecule has 7 atom stereocenters. The van der Waals surface area contributed by atoms with Gasteiger partial charge in [0.05, 0.1) is 35.4 Å². The second-order valence-electron chi connectivity index (χ2n) is 19.4. The Balaban J connectivity index is 1.42. The van der Waals surface area contributed by atoms with Crippen LogP contribution in [0.25, 0.3) is 11.0 Å². The zero-order valence-electron chi connectivity index (χ0n) is 37.9. The normalized spacial score (nSPS) is 28.4. The molecule has 6 rings (SSSR count). The predicted molar refractivity (Wildman–Crippen MR) is 227 cm³/mol. The van der Waals surface area contributed by atoms with Crippen molar-refractivity contribution in [2.75, 3.05) is 13.7 Å². The van der Waals surface area contributed by atoms with Crippen LogP contribution in [-0.2, 0) is 35.6 Å². The fourth-order valence-electron chi connectivity index (χ4n) is 9.04. The summed E-state index contributed by atoms with van der Waals surface area (Å²) in [6.45, 7) is 8.72. The smallest absolute Gasteiger partial charge is 0.428 e. The van der Waals surface area contributed by atoms with E-state index < -0.39 is 117 Å². The molecule has 21 heteroatoms. The van der Waals surface area contributed by atoms with Crippen molar-refractivity contribution < 1.29 is 63.8 Å². The second kappa shape index (κ2) is 18.6. The van der Waals surface area contributed by atoms with Crippen molar-refractivity contribution in [1.29, 1.82) is 0 Å². The summed E-state index contributed by atoms with van der Waals surface area (Å²) in [4.78, 5) is 67.6. The Bertz CT molecular complexity index is 2240. The summed E-state index contributed by atoms with van der Waals surface area (Å²) >= 11 is 0. The van der Waals surface area contributed by atoms with Crippen molar-refractivity contribution in [3.05, 3.63) is 23.9 Å². The summed E-state index contributed by atoms with van der Waals surface area (Å²) in [5, 5.41) is 4.74. The van der Waals surface area contributed by atoms with Gasteiger partial charge in [-0.05, 0) is 95.6 Å². The van der Waals surface area contributed by atoms with Crippen molar-refractivity contribution in [2.24, 2.45) is 17.3 Å². The molecule has 65 heavy (non-hydrogen) atoms. The van der Waals surface area contributed by atoms with Gasteiger partial charge < -0.3 is 29.7 Å². The van der Waals surface area contributed by atoms with Gasteiger partial charge in [-0.2, -0.15) is 13.2 Å². The van der Waals surface area contributed by atoms with Crippen LogP contribution in [0.2, 0.25) is 0 Å². The number of nitrogens with one attached hydrogen (secondary N) is 3. The SMILES string of the molecule is CCC[C@@H]1CN([C@@H](C)C(=O)N[C@]2(C(=O)NS(=O)(=O)C3(C)CC3)C[C@H]2C(F)F)C(=O)[C@H](C(C)(C)C)NC(=O)O[C@@]2(C(F)(F)F)CCC[C@H]2CCCCCc2nc3ccc(OC)cc3nc2O1. The van der Waals surface area contributed by atoms with Crippen LogP contribution >= 0.6 is 0 Å². The largest absolute Gasteiger partial charge is 0.497 e. The van der Waals surface area contributed by atoms with Gasteiger partial charge in [0.15, 0.2) is 0 Å². The summed E-state index contributed by atoms with van der Waals surface area (Å²) in [5.74, 6) is -5.68. The average molecular weight is 945 g/mol. The average Bonchev–Trinajstić information content (AvgIpc) is 4.12. The van der Waals surface area contributed by atoms with Crippen LogP contribution in [0.3, 0.4) is 0 Å². The number of rotatable bonds is 10. The number of sulfonamides is 1. The summed E-state index contributed by atoms with van der Waals surface area (Å²) in [5.41, 5.74) is -5.05. The van der Waals surface area contributed by atoms with E-state index in [1.165, 1.54) is 21.0 Å². The van der Waals surface area contributed by atoms with E-state index in [-0.39, 0.29) is 44.4 Å². The minimum atomic E-state index is -4.95. The summed E-state index contributed by atoms with van der Waals surface area (Å²) < 4.78 is 118. The van der Waals surface area contributed by atoms with Gasteiger partial charge >= 0.3 is 12.3 Å². The van der Waals surface area contributed by atoms with E-state index in [1.54, 1.807) is 39.0 Å². The van der Waals surface area contributed by atoms with Crippen LogP contribution in [0, 0.1) is 17.3 Å². The maximum Gasteiger partial charge on any atom is 0.428 e. The van der Waals surface area contributed by atoms with E-state index in [0.717, 1.165) is 4.90 Å². The van der Waals surface area contributed by atoms with E-state index in [1.807, 2.05) is 11.6 Å². The number of alkyl halides is 5. The molecule has 1 aliphatic heterocycles. The molecule has 2 aromatic rings. The van der Waals surface area contributed by atoms with E-state index in [2.05, 4.69) is 10.6 Å². The highest BCUT2D eigenvalue weighted by atomic mass is 32.2. The molecular weight excluding hydrogens is 884 g/mol. The lowest BCUT2D eigenvalue weighted by Gasteiger charge is -2.40. The topological polar surface area (TPSA) is 195 Å². The molecule has 1 aromatic carbocycles. The molecule has 0 saturated heterocycles. The molecule has 2 heterocycles. The minimum absolute atomic E-state index is 0.106. The Labute approximate surface area is 376 Å². The zero-order valence-corrected chi connectivity index (χ0v) is 38.7. The van der Waals surface area contributed by atoms with Gasteiger partial charge in [-0.25, -0.2) is 32.0 Å². The van der Waals surface area contributed by atoms with Crippen molar-refractivity contribution in [2.45, 2.75) is 172 Å². The van der Waals surface area contributed by atoms with Crippen molar-refractivity contribution in [3.63, 3.8) is 0 Å². The lowest BCUT2D eigenvalue weighted by molar-refractivity contribution is -0.271.